The first kappa shape index (κ1) is 16.4. The number of rotatable bonds is 6. The molecule has 5 nitrogen and oxygen atoms in total. The van der Waals surface area contributed by atoms with Gasteiger partial charge in [-0.15, -0.1) is 0 Å². The van der Waals surface area contributed by atoms with Crippen LogP contribution < -0.4 is 10.1 Å². The summed E-state index contributed by atoms with van der Waals surface area (Å²) in [5.74, 6) is 1.10. The average molecular weight is 304 g/mol. The Hall–Kier alpha value is -2.01. The van der Waals surface area contributed by atoms with Gasteiger partial charge in [0, 0.05) is 11.6 Å². The number of benzene rings is 1. The van der Waals surface area contributed by atoms with E-state index in [9.17, 15) is 4.79 Å². The van der Waals surface area contributed by atoms with Crippen molar-refractivity contribution in [3.05, 3.63) is 30.0 Å². The van der Waals surface area contributed by atoms with Gasteiger partial charge in [0.2, 0.25) is 0 Å². The second-order valence-corrected chi connectivity index (χ2v) is 5.73. The molecule has 0 unspecified atom stereocenters. The first-order chi connectivity index (χ1) is 10.6. The van der Waals surface area contributed by atoms with E-state index < -0.39 is 0 Å². The fraction of sp³-hybridized carbons (Fsp3) is 0.471. The summed E-state index contributed by atoms with van der Waals surface area (Å²) in [6.45, 7) is 5.30. The minimum absolute atomic E-state index is 0.314. The second-order valence-electron chi connectivity index (χ2n) is 5.73. The van der Waals surface area contributed by atoms with Gasteiger partial charge in [0.1, 0.15) is 5.75 Å². The van der Waals surface area contributed by atoms with Crippen molar-refractivity contribution in [3.8, 4) is 5.75 Å². The third kappa shape index (κ3) is 3.60. The van der Waals surface area contributed by atoms with Crippen LogP contribution in [0.25, 0.3) is 10.9 Å². The van der Waals surface area contributed by atoms with E-state index in [2.05, 4.69) is 5.32 Å². The van der Waals surface area contributed by atoms with Crippen LogP contribution in [0.3, 0.4) is 0 Å². The zero-order valence-electron chi connectivity index (χ0n) is 13.7. The first-order valence-corrected chi connectivity index (χ1v) is 7.56. The van der Waals surface area contributed by atoms with Crippen LogP contribution in [-0.4, -0.2) is 38.0 Å². The summed E-state index contributed by atoms with van der Waals surface area (Å²) in [6.07, 6.45) is 2.37. The smallest absolute Gasteiger partial charge is 0.418 e. The Balaban J connectivity index is 2.39. The lowest BCUT2D eigenvalue weighted by molar-refractivity contribution is 0.135. The molecular weight excluding hydrogens is 280 g/mol. The largest absolute Gasteiger partial charge is 0.497 e. The number of methoxy groups -OCH3 is 1. The number of hydrogen-bond acceptors (Lipinski definition) is 4. The van der Waals surface area contributed by atoms with Crippen molar-refractivity contribution in [2.45, 2.75) is 20.3 Å². The molecule has 1 heterocycles. The number of fused-ring (bicyclic) bond motifs is 1. The number of carbonyl (C=O) groups is 1. The number of nitrogens with one attached hydrogen (secondary N) is 1. The summed E-state index contributed by atoms with van der Waals surface area (Å²) in [7, 11) is 3.55. The Morgan fingerprint density at radius 3 is 2.77 bits per heavy atom. The summed E-state index contributed by atoms with van der Waals surface area (Å²) in [5.41, 5.74) is 1.95. The molecule has 0 atom stereocenters. The van der Waals surface area contributed by atoms with Gasteiger partial charge in [-0.3, -0.25) is 4.57 Å². The molecule has 22 heavy (non-hydrogen) atoms. The lowest BCUT2D eigenvalue weighted by atomic mass is 10.1. The lowest BCUT2D eigenvalue weighted by Gasteiger charge is -2.08. The van der Waals surface area contributed by atoms with E-state index in [4.69, 9.17) is 9.47 Å². The molecule has 0 bridgehead atoms. The minimum atomic E-state index is -0.334. The van der Waals surface area contributed by atoms with Crippen molar-refractivity contribution < 1.29 is 14.3 Å². The maximum absolute atomic E-state index is 12.3. The maximum atomic E-state index is 12.3. The number of carbonyl (C=O) groups excluding carboxylic acids is 1. The molecule has 0 aliphatic rings. The predicted molar refractivity (Wildman–Crippen MR) is 87.7 cm³/mol. The quantitative estimate of drug-likeness (QED) is 0.891. The molecule has 1 aromatic carbocycles. The van der Waals surface area contributed by atoms with E-state index in [0.717, 1.165) is 35.2 Å². The Morgan fingerprint density at radius 1 is 1.36 bits per heavy atom. The van der Waals surface area contributed by atoms with Crippen LogP contribution in [0.2, 0.25) is 0 Å². The Kier molecular flexibility index (Phi) is 5.44. The highest BCUT2D eigenvalue weighted by Gasteiger charge is 2.15. The summed E-state index contributed by atoms with van der Waals surface area (Å²) in [6, 6.07) is 5.72. The van der Waals surface area contributed by atoms with Crippen LogP contribution in [0.15, 0.2) is 24.4 Å². The van der Waals surface area contributed by atoms with Crippen LogP contribution in [0.5, 0.6) is 5.75 Å². The monoisotopic (exact) mass is 304 g/mol. The van der Waals surface area contributed by atoms with Gasteiger partial charge in [-0.1, -0.05) is 13.8 Å². The molecule has 1 N–H and O–H groups in total. The van der Waals surface area contributed by atoms with Crippen LogP contribution in [0, 0.1) is 5.92 Å². The third-order valence-corrected chi connectivity index (χ3v) is 3.48. The van der Waals surface area contributed by atoms with E-state index >= 15 is 0 Å². The molecule has 1 aromatic heterocycles. The summed E-state index contributed by atoms with van der Waals surface area (Å²) >= 11 is 0. The number of nitrogens with zero attached hydrogens (tertiary/aromatic N) is 1. The van der Waals surface area contributed by atoms with Crippen LogP contribution in [0.1, 0.15) is 19.4 Å². The van der Waals surface area contributed by atoms with Gasteiger partial charge in [0.25, 0.3) is 0 Å². The van der Waals surface area contributed by atoms with E-state index in [0.29, 0.717) is 12.5 Å². The van der Waals surface area contributed by atoms with E-state index in [1.165, 1.54) is 0 Å². The van der Waals surface area contributed by atoms with Crippen molar-refractivity contribution in [2.24, 2.45) is 5.92 Å². The Labute approximate surface area is 131 Å². The molecule has 2 aromatic rings. The fourth-order valence-corrected chi connectivity index (χ4v) is 2.32. The summed E-state index contributed by atoms with van der Waals surface area (Å²) < 4.78 is 12.2. The summed E-state index contributed by atoms with van der Waals surface area (Å²) in [4.78, 5) is 12.3. The van der Waals surface area contributed by atoms with Crippen molar-refractivity contribution in [1.29, 1.82) is 0 Å². The molecule has 2 rings (SSSR count). The molecule has 0 saturated carbocycles. The molecular formula is C17H24N2O3. The molecule has 0 spiro atoms. The zero-order chi connectivity index (χ0) is 16.1. The van der Waals surface area contributed by atoms with Crippen molar-refractivity contribution in [2.75, 3.05) is 27.3 Å². The molecule has 0 amide bonds. The molecule has 5 heteroatoms. The number of aromatic nitrogens is 1. The SMILES string of the molecule is CNCCc1cn(C(=O)OCC(C)C)c2ccc(OC)cc12. The maximum Gasteiger partial charge on any atom is 0.418 e. The molecule has 0 fully saturated rings. The molecule has 0 aliphatic carbocycles. The standard InChI is InChI=1S/C17H24N2O3/c1-12(2)11-22-17(20)19-10-13(7-8-18-3)15-9-14(21-4)5-6-16(15)19/h5-6,9-10,12,18H,7-8,11H2,1-4H3. The summed E-state index contributed by atoms with van der Waals surface area (Å²) in [5, 5.41) is 4.16. The lowest BCUT2D eigenvalue weighted by Crippen LogP contribution is -2.15. The number of likely N-dealkylation sites (N-methyl/N-ethyl adjacent to an activating group) is 1. The van der Waals surface area contributed by atoms with Gasteiger partial charge in [0.05, 0.1) is 19.2 Å². The first-order valence-electron chi connectivity index (χ1n) is 7.56. The van der Waals surface area contributed by atoms with E-state index in [-0.39, 0.29) is 6.09 Å². The molecule has 0 aliphatic heterocycles. The van der Waals surface area contributed by atoms with Crippen LogP contribution >= 0.6 is 0 Å². The average Bonchev–Trinajstić information content (AvgIpc) is 2.88. The van der Waals surface area contributed by atoms with E-state index in [1.807, 2.05) is 45.3 Å². The van der Waals surface area contributed by atoms with Crippen molar-refractivity contribution >= 4 is 17.0 Å². The predicted octanol–water partition coefficient (Wildman–Crippen LogP) is 3.05. The fourth-order valence-electron chi connectivity index (χ4n) is 2.32. The molecule has 0 radical (unpaired) electrons. The van der Waals surface area contributed by atoms with Gasteiger partial charge in [0.15, 0.2) is 0 Å². The second kappa shape index (κ2) is 7.31. The van der Waals surface area contributed by atoms with Crippen molar-refractivity contribution in [3.63, 3.8) is 0 Å². The van der Waals surface area contributed by atoms with E-state index in [1.54, 1.807) is 11.7 Å². The zero-order valence-corrected chi connectivity index (χ0v) is 13.7. The van der Waals surface area contributed by atoms with Gasteiger partial charge in [-0.2, -0.15) is 0 Å². The highest BCUT2D eigenvalue weighted by Crippen LogP contribution is 2.26. The Bertz CT molecular complexity index is 647. The molecule has 120 valence electrons. The molecule has 0 saturated heterocycles. The highest BCUT2D eigenvalue weighted by molar-refractivity contribution is 5.92. The Morgan fingerprint density at radius 2 is 2.14 bits per heavy atom. The number of hydrogen-bond donors (Lipinski definition) is 1. The van der Waals surface area contributed by atoms with Gasteiger partial charge < -0.3 is 14.8 Å². The highest BCUT2D eigenvalue weighted by atomic mass is 16.5. The van der Waals surface area contributed by atoms with Gasteiger partial charge >= 0.3 is 6.09 Å². The van der Waals surface area contributed by atoms with Crippen LogP contribution in [-0.2, 0) is 11.2 Å². The third-order valence-electron chi connectivity index (χ3n) is 3.48. The normalized spacial score (nSPS) is 11.1. The van der Waals surface area contributed by atoms with Crippen LogP contribution in [0.4, 0.5) is 4.79 Å². The minimum Gasteiger partial charge on any atom is -0.497 e. The topological polar surface area (TPSA) is 52.5 Å². The van der Waals surface area contributed by atoms with Crippen molar-refractivity contribution in [1.82, 2.24) is 9.88 Å². The van der Waals surface area contributed by atoms with Gasteiger partial charge in [-0.05, 0) is 49.7 Å². The number of ether oxygens (including phenoxy) is 2. The van der Waals surface area contributed by atoms with Gasteiger partial charge in [-0.25, -0.2) is 4.79 Å².